The van der Waals surface area contributed by atoms with Crippen LogP contribution in [0, 0.1) is 11.3 Å². The summed E-state index contributed by atoms with van der Waals surface area (Å²) in [6.07, 6.45) is 1.31. The van der Waals surface area contributed by atoms with Crippen molar-refractivity contribution < 1.29 is 4.74 Å². The minimum atomic E-state index is 0.276. The van der Waals surface area contributed by atoms with Crippen LogP contribution in [0.1, 0.15) is 18.9 Å². The standard InChI is InChI=1S/C13H19N3O/c1-3-11(9-17-2)16-12-4-5-13(15)10(8-12)6-7-14/h4-5,8,11,16H,3,6,9,15H2,1-2H3. The SMILES string of the molecule is CCC(COC)Nc1ccc(N)c(CC#N)c1. The molecule has 0 heterocycles. The number of nitrogens with two attached hydrogens (primary N) is 1. The molecule has 0 aliphatic heterocycles. The predicted octanol–water partition coefficient (Wildman–Crippen LogP) is 2.17. The van der Waals surface area contributed by atoms with E-state index in [4.69, 9.17) is 15.7 Å². The van der Waals surface area contributed by atoms with Crippen LogP contribution in [0.3, 0.4) is 0 Å². The first-order chi connectivity index (χ1) is 8.21. The van der Waals surface area contributed by atoms with Crippen LogP contribution in [0.25, 0.3) is 0 Å². The number of anilines is 2. The van der Waals surface area contributed by atoms with Crippen LogP contribution in [0.2, 0.25) is 0 Å². The largest absolute Gasteiger partial charge is 0.398 e. The molecule has 0 radical (unpaired) electrons. The number of hydrogen-bond acceptors (Lipinski definition) is 4. The minimum Gasteiger partial charge on any atom is -0.398 e. The van der Waals surface area contributed by atoms with Crippen LogP contribution in [-0.4, -0.2) is 19.8 Å². The van der Waals surface area contributed by atoms with Crippen molar-refractivity contribution in [1.29, 1.82) is 5.26 Å². The van der Waals surface area contributed by atoms with E-state index in [1.165, 1.54) is 0 Å². The van der Waals surface area contributed by atoms with Crippen molar-refractivity contribution in [3.63, 3.8) is 0 Å². The van der Waals surface area contributed by atoms with Gasteiger partial charge in [0, 0.05) is 24.5 Å². The number of hydrogen-bond donors (Lipinski definition) is 2. The summed E-state index contributed by atoms with van der Waals surface area (Å²) in [6, 6.07) is 8.07. The number of ether oxygens (including phenoxy) is 1. The van der Waals surface area contributed by atoms with E-state index >= 15 is 0 Å². The Morgan fingerprint density at radius 3 is 2.88 bits per heavy atom. The number of benzene rings is 1. The Labute approximate surface area is 102 Å². The average Bonchev–Trinajstić information content (AvgIpc) is 2.33. The summed E-state index contributed by atoms with van der Waals surface area (Å²) in [4.78, 5) is 0. The zero-order valence-electron chi connectivity index (χ0n) is 10.4. The van der Waals surface area contributed by atoms with Gasteiger partial charge in [-0.05, 0) is 30.2 Å². The van der Waals surface area contributed by atoms with E-state index in [1.807, 2.05) is 18.2 Å². The molecule has 0 saturated heterocycles. The van der Waals surface area contributed by atoms with Crippen molar-refractivity contribution >= 4 is 11.4 Å². The second kappa shape index (κ2) is 6.77. The van der Waals surface area contributed by atoms with Crippen LogP contribution >= 0.6 is 0 Å². The third kappa shape index (κ3) is 3.97. The van der Waals surface area contributed by atoms with E-state index in [0.717, 1.165) is 17.7 Å². The van der Waals surface area contributed by atoms with E-state index in [2.05, 4.69) is 18.3 Å². The van der Waals surface area contributed by atoms with Crippen LogP contribution in [0.4, 0.5) is 11.4 Å². The molecule has 0 aromatic heterocycles. The predicted molar refractivity (Wildman–Crippen MR) is 69.7 cm³/mol. The van der Waals surface area contributed by atoms with Gasteiger partial charge in [-0.1, -0.05) is 6.92 Å². The molecule has 1 atom stereocenters. The lowest BCUT2D eigenvalue weighted by Crippen LogP contribution is -2.23. The Morgan fingerprint density at radius 1 is 1.53 bits per heavy atom. The van der Waals surface area contributed by atoms with Crippen molar-refractivity contribution in [3.05, 3.63) is 23.8 Å². The van der Waals surface area contributed by atoms with Crippen molar-refractivity contribution in [2.75, 3.05) is 24.8 Å². The van der Waals surface area contributed by atoms with Gasteiger partial charge in [0.2, 0.25) is 0 Å². The molecular formula is C13H19N3O. The molecule has 0 aliphatic carbocycles. The minimum absolute atomic E-state index is 0.276. The maximum absolute atomic E-state index is 8.70. The van der Waals surface area contributed by atoms with Crippen molar-refractivity contribution in [1.82, 2.24) is 0 Å². The van der Waals surface area contributed by atoms with Crippen LogP contribution < -0.4 is 11.1 Å². The Morgan fingerprint density at radius 2 is 2.29 bits per heavy atom. The molecule has 0 saturated carbocycles. The van der Waals surface area contributed by atoms with Crippen LogP contribution in [-0.2, 0) is 11.2 Å². The molecule has 0 bridgehead atoms. The summed E-state index contributed by atoms with van der Waals surface area (Å²) in [7, 11) is 1.69. The second-order valence-electron chi connectivity index (χ2n) is 3.95. The van der Waals surface area contributed by atoms with E-state index in [0.29, 0.717) is 18.7 Å². The molecule has 4 heteroatoms. The van der Waals surface area contributed by atoms with Crippen molar-refractivity contribution in [2.45, 2.75) is 25.8 Å². The molecule has 1 unspecified atom stereocenters. The maximum Gasteiger partial charge on any atom is 0.0670 e. The first kappa shape index (κ1) is 13.3. The highest BCUT2D eigenvalue weighted by atomic mass is 16.5. The third-order valence-corrected chi connectivity index (χ3v) is 2.64. The summed E-state index contributed by atoms with van der Waals surface area (Å²) < 4.78 is 5.13. The quantitative estimate of drug-likeness (QED) is 0.739. The third-order valence-electron chi connectivity index (χ3n) is 2.64. The molecule has 0 fully saturated rings. The molecule has 1 aromatic rings. The van der Waals surface area contributed by atoms with Gasteiger partial charge in [-0.15, -0.1) is 0 Å². The highest BCUT2D eigenvalue weighted by molar-refractivity contribution is 5.58. The Hall–Kier alpha value is -1.73. The maximum atomic E-state index is 8.70. The Kier molecular flexibility index (Phi) is 5.31. The Bertz CT molecular complexity index is 398. The molecular weight excluding hydrogens is 214 g/mol. The fourth-order valence-corrected chi connectivity index (χ4v) is 1.63. The van der Waals surface area contributed by atoms with E-state index in [1.54, 1.807) is 7.11 Å². The van der Waals surface area contributed by atoms with E-state index in [9.17, 15) is 0 Å². The fraction of sp³-hybridized carbons (Fsp3) is 0.462. The van der Waals surface area contributed by atoms with Crippen LogP contribution in [0.15, 0.2) is 18.2 Å². The highest BCUT2D eigenvalue weighted by Crippen LogP contribution is 2.19. The molecule has 4 nitrogen and oxygen atoms in total. The number of rotatable bonds is 6. The Balaban J connectivity index is 2.77. The first-order valence-electron chi connectivity index (χ1n) is 5.72. The zero-order valence-corrected chi connectivity index (χ0v) is 10.4. The molecule has 0 spiro atoms. The summed E-state index contributed by atoms with van der Waals surface area (Å²) in [5, 5.41) is 12.1. The molecule has 3 N–H and O–H groups in total. The smallest absolute Gasteiger partial charge is 0.0670 e. The van der Waals surface area contributed by atoms with E-state index in [-0.39, 0.29) is 6.04 Å². The van der Waals surface area contributed by atoms with Gasteiger partial charge >= 0.3 is 0 Å². The number of nitrogens with zero attached hydrogens (tertiary/aromatic N) is 1. The molecule has 0 amide bonds. The van der Waals surface area contributed by atoms with Gasteiger partial charge in [-0.25, -0.2) is 0 Å². The molecule has 1 rings (SSSR count). The van der Waals surface area contributed by atoms with Crippen LogP contribution in [0.5, 0.6) is 0 Å². The molecule has 17 heavy (non-hydrogen) atoms. The summed E-state index contributed by atoms with van der Waals surface area (Å²) in [5.41, 5.74) is 8.30. The molecule has 1 aromatic carbocycles. The average molecular weight is 233 g/mol. The molecule has 0 aliphatic rings. The topological polar surface area (TPSA) is 71.1 Å². The van der Waals surface area contributed by atoms with Gasteiger partial charge in [0.25, 0.3) is 0 Å². The normalized spacial score (nSPS) is 11.8. The van der Waals surface area contributed by atoms with Gasteiger partial charge in [0.05, 0.1) is 19.1 Å². The molecule has 92 valence electrons. The summed E-state index contributed by atoms with van der Waals surface area (Å²) >= 11 is 0. The number of nitriles is 1. The lowest BCUT2D eigenvalue weighted by Gasteiger charge is -2.18. The zero-order chi connectivity index (χ0) is 12.7. The van der Waals surface area contributed by atoms with Gasteiger partial charge in [-0.3, -0.25) is 0 Å². The summed E-state index contributed by atoms with van der Waals surface area (Å²) in [5.74, 6) is 0. The first-order valence-corrected chi connectivity index (χ1v) is 5.72. The number of nitrogens with one attached hydrogen (secondary N) is 1. The van der Waals surface area contributed by atoms with Crippen molar-refractivity contribution in [3.8, 4) is 6.07 Å². The van der Waals surface area contributed by atoms with E-state index < -0.39 is 0 Å². The lowest BCUT2D eigenvalue weighted by atomic mass is 10.1. The van der Waals surface area contributed by atoms with Gasteiger partial charge in [0.1, 0.15) is 0 Å². The second-order valence-corrected chi connectivity index (χ2v) is 3.95. The van der Waals surface area contributed by atoms with Gasteiger partial charge in [-0.2, -0.15) is 5.26 Å². The van der Waals surface area contributed by atoms with Crippen molar-refractivity contribution in [2.24, 2.45) is 0 Å². The number of methoxy groups -OCH3 is 1. The number of nitrogen functional groups attached to an aromatic ring is 1. The monoisotopic (exact) mass is 233 g/mol. The van der Waals surface area contributed by atoms with Gasteiger partial charge in [0.15, 0.2) is 0 Å². The highest BCUT2D eigenvalue weighted by Gasteiger charge is 2.07. The fourth-order valence-electron chi connectivity index (χ4n) is 1.63. The summed E-state index contributed by atoms with van der Waals surface area (Å²) in [6.45, 7) is 2.76. The lowest BCUT2D eigenvalue weighted by molar-refractivity contribution is 0.184. The van der Waals surface area contributed by atoms with Gasteiger partial charge < -0.3 is 15.8 Å².